The Hall–Kier alpha value is -3.84. The van der Waals surface area contributed by atoms with E-state index in [1.165, 1.54) is 4.90 Å². The van der Waals surface area contributed by atoms with E-state index in [4.69, 9.17) is 14.6 Å². The lowest BCUT2D eigenvalue weighted by atomic mass is 9.71. The van der Waals surface area contributed by atoms with Crippen molar-refractivity contribution in [2.24, 2.45) is 0 Å². The van der Waals surface area contributed by atoms with Crippen molar-refractivity contribution in [2.75, 3.05) is 18.1 Å². The number of ether oxygens (including phenoxy) is 2. The first-order valence-corrected chi connectivity index (χ1v) is 11.6. The fourth-order valence-corrected chi connectivity index (χ4v) is 4.65. The number of carbonyl (C=O) groups is 2. The Morgan fingerprint density at radius 2 is 1.60 bits per heavy atom. The number of carbonyl (C=O) groups excluding carboxylic acids is 1. The van der Waals surface area contributed by atoms with Crippen LogP contribution in [0.1, 0.15) is 36.8 Å². The highest BCUT2D eigenvalue weighted by molar-refractivity contribution is 5.95. The van der Waals surface area contributed by atoms with Gasteiger partial charge in [0.15, 0.2) is 6.61 Å². The van der Waals surface area contributed by atoms with Crippen LogP contribution in [0.5, 0.6) is 5.75 Å². The van der Waals surface area contributed by atoms with Crippen LogP contribution >= 0.6 is 0 Å². The number of aliphatic hydroxyl groups is 1. The van der Waals surface area contributed by atoms with E-state index in [9.17, 15) is 14.7 Å². The molecule has 3 aromatic rings. The summed E-state index contributed by atoms with van der Waals surface area (Å²) in [7, 11) is 0. The molecule has 1 aliphatic carbocycles. The maximum Gasteiger partial charge on any atom is 0.418 e. The molecular formula is C28H29NO6. The molecule has 2 atom stereocenters. The van der Waals surface area contributed by atoms with Gasteiger partial charge < -0.3 is 19.7 Å². The van der Waals surface area contributed by atoms with Crippen molar-refractivity contribution in [1.82, 2.24) is 0 Å². The maximum absolute atomic E-state index is 13.2. The number of benzene rings is 3. The Bertz CT molecular complexity index is 1120. The van der Waals surface area contributed by atoms with E-state index < -0.39 is 24.3 Å². The van der Waals surface area contributed by atoms with Gasteiger partial charge in [-0.15, -0.1) is 0 Å². The van der Waals surface area contributed by atoms with Gasteiger partial charge in [-0.25, -0.2) is 14.5 Å². The molecule has 0 fully saturated rings. The summed E-state index contributed by atoms with van der Waals surface area (Å²) in [5, 5.41) is 20.1. The molecule has 0 radical (unpaired) electrons. The van der Waals surface area contributed by atoms with E-state index >= 15 is 0 Å². The number of aliphatic carboxylic acids is 1. The fourth-order valence-electron chi connectivity index (χ4n) is 4.65. The predicted molar refractivity (Wildman–Crippen MR) is 132 cm³/mol. The minimum atomic E-state index is -1.05. The van der Waals surface area contributed by atoms with Gasteiger partial charge in [-0.3, -0.25) is 0 Å². The lowest BCUT2D eigenvalue weighted by molar-refractivity contribution is -0.139. The molecule has 2 unspecified atom stereocenters. The highest BCUT2D eigenvalue weighted by Crippen LogP contribution is 2.44. The Labute approximate surface area is 204 Å². The van der Waals surface area contributed by atoms with Gasteiger partial charge in [-0.1, -0.05) is 48.5 Å². The third-order valence-electron chi connectivity index (χ3n) is 6.37. The van der Waals surface area contributed by atoms with Gasteiger partial charge in [0, 0.05) is 5.92 Å². The van der Waals surface area contributed by atoms with Gasteiger partial charge in [0.25, 0.3) is 0 Å². The van der Waals surface area contributed by atoms with Gasteiger partial charge in [0.05, 0.1) is 23.6 Å². The van der Waals surface area contributed by atoms with E-state index in [0.29, 0.717) is 36.4 Å². The number of amides is 1. The van der Waals surface area contributed by atoms with Crippen molar-refractivity contribution >= 4 is 23.4 Å². The molecule has 4 rings (SSSR count). The summed E-state index contributed by atoms with van der Waals surface area (Å²) in [6, 6.07) is 24.0. The standard InChI is InChI=1S/C28H29NO6/c1-28(33)17-15-23-22(13-8-14-25(23)35-19-26(30)31)24(28)16-18-34-27(32)29(20-9-4-2-5-10-20)21-11-6-3-7-12-21/h2-14,24,33H,15-19H2,1H3,(H,30,31). The molecule has 7 heteroatoms. The number of fused-ring (bicyclic) bond motifs is 1. The van der Waals surface area contributed by atoms with E-state index in [-0.39, 0.29) is 12.5 Å². The Balaban J connectivity index is 1.50. The minimum absolute atomic E-state index is 0.107. The van der Waals surface area contributed by atoms with Gasteiger partial charge in [-0.05, 0) is 67.6 Å². The summed E-state index contributed by atoms with van der Waals surface area (Å²) in [6.07, 6.45) is 0.971. The number of hydrogen-bond donors (Lipinski definition) is 2. The largest absolute Gasteiger partial charge is 0.482 e. The lowest BCUT2D eigenvalue weighted by Crippen LogP contribution is -2.38. The lowest BCUT2D eigenvalue weighted by Gasteiger charge is -2.39. The number of para-hydroxylation sites is 2. The van der Waals surface area contributed by atoms with Crippen LogP contribution in [-0.2, 0) is 16.0 Å². The van der Waals surface area contributed by atoms with Crippen LogP contribution in [-0.4, -0.2) is 41.1 Å². The van der Waals surface area contributed by atoms with Crippen molar-refractivity contribution in [1.29, 1.82) is 0 Å². The number of nitrogens with zero attached hydrogens (tertiary/aromatic N) is 1. The molecular weight excluding hydrogens is 446 g/mol. The minimum Gasteiger partial charge on any atom is -0.482 e. The molecule has 0 bridgehead atoms. The zero-order valence-corrected chi connectivity index (χ0v) is 19.6. The van der Waals surface area contributed by atoms with Crippen LogP contribution in [0.2, 0.25) is 0 Å². The third kappa shape index (κ3) is 5.63. The number of rotatable bonds is 8. The van der Waals surface area contributed by atoms with Crippen molar-refractivity contribution in [2.45, 2.75) is 37.7 Å². The number of carboxylic acid groups (broad SMARTS) is 1. The van der Waals surface area contributed by atoms with Gasteiger partial charge in [-0.2, -0.15) is 0 Å². The van der Waals surface area contributed by atoms with E-state index in [0.717, 1.165) is 11.1 Å². The smallest absolute Gasteiger partial charge is 0.418 e. The second-order valence-corrected chi connectivity index (χ2v) is 8.83. The molecule has 1 aliphatic rings. The molecule has 2 N–H and O–H groups in total. The van der Waals surface area contributed by atoms with Crippen molar-refractivity contribution in [3.8, 4) is 5.75 Å². The number of hydrogen-bond acceptors (Lipinski definition) is 5. The molecule has 0 aliphatic heterocycles. The zero-order chi connectivity index (χ0) is 24.8. The highest BCUT2D eigenvalue weighted by atomic mass is 16.6. The van der Waals surface area contributed by atoms with Crippen LogP contribution in [0.3, 0.4) is 0 Å². The van der Waals surface area contributed by atoms with E-state index in [1.54, 1.807) is 19.1 Å². The molecule has 7 nitrogen and oxygen atoms in total. The average Bonchev–Trinajstić information content (AvgIpc) is 2.85. The number of anilines is 2. The first-order valence-electron chi connectivity index (χ1n) is 11.6. The first kappa shape index (κ1) is 24.3. The summed E-state index contributed by atoms with van der Waals surface area (Å²) in [5.74, 6) is -0.827. The highest BCUT2D eigenvalue weighted by Gasteiger charge is 2.39. The Morgan fingerprint density at radius 3 is 2.20 bits per heavy atom. The topological polar surface area (TPSA) is 96.3 Å². The van der Waals surface area contributed by atoms with Crippen LogP contribution in [0, 0.1) is 0 Å². The molecule has 3 aromatic carbocycles. The van der Waals surface area contributed by atoms with Gasteiger partial charge >= 0.3 is 12.1 Å². The normalized spacial score (nSPS) is 18.9. The summed E-state index contributed by atoms with van der Waals surface area (Å²) >= 11 is 0. The maximum atomic E-state index is 13.2. The van der Waals surface area contributed by atoms with Crippen LogP contribution in [0.15, 0.2) is 78.9 Å². The summed E-state index contributed by atoms with van der Waals surface area (Å²) in [6.45, 7) is 1.47. The molecule has 0 spiro atoms. The van der Waals surface area contributed by atoms with E-state index in [1.807, 2.05) is 66.7 Å². The van der Waals surface area contributed by atoms with E-state index in [2.05, 4.69) is 0 Å². The van der Waals surface area contributed by atoms with Gasteiger partial charge in [0.1, 0.15) is 5.75 Å². The molecule has 1 amide bonds. The fraction of sp³-hybridized carbons (Fsp3) is 0.286. The molecule has 0 heterocycles. The number of carboxylic acids is 1. The average molecular weight is 476 g/mol. The van der Waals surface area contributed by atoms with Crippen LogP contribution in [0.4, 0.5) is 16.2 Å². The third-order valence-corrected chi connectivity index (χ3v) is 6.37. The molecule has 182 valence electrons. The van der Waals surface area contributed by atoms with Crippen molar-refractivity contribution < 1.29 is 29.3 Å². The monoisotopic (exact) mass is 475 g/mol. The molecule has 0 saturated heterocycles. The Kier molecular flexibility index (Phi) is 7.36. The molecule has 0 saturated carbocycles. The first-order chi connectivity index (χ1) is 16.9. The van der Waals surface area contributed by atoms with Crippen molar-refractivity contribution in [3.05, 3.63) is 90.0 Å². The Morgan fingerprint density at radius 1 is 0.971 bits per heavy atom. The summed E-state index contributed by atoms with van der Waals surface area (Å²) in [4.78, 5) is 25.6. The van der Waals surface area contributed by atoms with Crippen LogP contribution < -0.4 is 9.64 Å². The summed E-state index contributed by atoms with van der Waals surface area (Å²) in [5.41, 5.74) is 2.18. The zero-order valence-electron chi connectivity index (χ0n) is 19.6. The second kappa shape index (κ2) is 10.6. The summed E-state index contributed by atoms with van der Waals surface area (Å²) < 4.78 is 11.2. The van der Waals surface area contributed by atoms with Crippen molar-refractivity contribution in [3.63, 3.8) is 0 Å². The predicted octanol–water partition coefficient (Wildman–Crippen LogP) is 5.30. The van der Waals surface area contributed by atoms with Crippen LogP contribution in [0.25, 0.3) is 0 Å². The second-order valence-electron chi connectivity index (χ2n) is 8.83. The molecule has 0 aromatic heterocycles. The van der Waals surface area contributed by atoms with Gasteiger partial charge in [0.2, 0.25) is 0 Å². The quantitative estimate of drug-likeness (QED) is 0.459. The SMILES string of the molecule is CC1(O)CCc2c(OCC(=O)O)cccc2C1CCOC(=O)N(c1ccccc1)c1ccccc1. The molecule has 35 heavy (non-hydrogen) atoms.